The maximum Gasteiger partial charge on any atom is 0.335 e. The third-order valence-corrected chi connectivity index (χ3v) is 2.20. The molecule has 15 heavy (non-hydrogen) atoms. The Kier molecular flexibility index (Phi) is 3.68. The Morgan fingerprint density at radius 1 is 1.47 bits per heavy atom. The van der Waals surface area contributed by atoms with E-state index in [0.29, 0.717) is 4.47 Å². The fourth-order valence-electron chi connectivity index (χ4n) is 0.896. The maximum atomic E-state index is 10.6. The van der Waals surface area contributed by atoms with Gasteiger partial charge in [-0.15, -0.1) is 0 Å². The van der Waals surface area contributed by atoms with Crippen molar-refractivity contribution in [3.63, 3.8) is 0 Å². The molecule has 0 aromatic heterocycles. The van der Waals surface area contributed by atoms with Crippen molar-refractivity contribution in [3.05, 3.63) is 28.2 Å². The molecule has 0 bridgehead atoms. The topological polar surface area (TPSA) is 89.6 Å². The molecule has 1 aromatic carbocycles. The molecule has 0 aliphatic rings. The van der Waals surface area contributed by atoms with Gasteiger partial charge in [0.25, 0.3) is 5.91 Å². The second-order valence-electron chi connectivity index (χ2n) is 2.71. The number of hydrogen-bond donors (Lipinski definition) is 2. The lowest BCUT2D eigenvalue weighted by molar-refractivity contribution is -0.119. The van der Waals surface area contributed by atoms with Crippen LogP contribution in [0.2, 0.25) is 0 Å². The summed E-state index contributed by atoms with van der Waals surface area (Å²) in [5, 5.41) is 8.72. The van der Waals surface area contributed by atoms with Crippen molar-refractivity contribution in [2.75, 3.05) is 6.61 Å². The quantitative estimate of drug-likeness (QED) is 0.857. The van der Waals surface area contributed by atoms with Crippen molar-refractivity contribution < 1.29 is 19.4 Å². The second kappa shape index (κ2) is 4.79. The Bertz CT molecular complexity index is 405. The lowest BCUT2D eigenvalue weighted by Crippen LogP contribution is -2.20. The zero-order valence-corrected chi connectivity index (χ0v) is 9.15. The minimum Gasteiger partial charge on any atom is -0.483 e. The third kappa shape index (κ3) is 3.25. The molecule has 0 saturated heterocycles. The largest absolute Gasteiger partial charge is 0.483 e. The predicted octanol–water partition coefficient (Wildman–Crippen LogP) is 1.01. The van der Waals surface area contributed by atoms with Gasteiger partial charge in [-0.25, -0.2) is 4.79 Å². The summed E-state index contributed by atoms with van der Waals surface area (Å²) in [6.07, 6.45) is 0. The third-order valence-electron chi connectivity index (χ3n) is 1.55. The number of aromatic carboxylic acids is 1. The number of carbonyl (C=O) groups is 2. The van der Waals surface area contributed by atoms with Gasteiger partial charge in [0.05, 0.1) is 10.0 Å². The molecule has 0 atom stereocenters. The number of primary amides is 1. The molecule has 1 aromatic rings. The van der Waals surface area contributed by atoms with E-state index in [0.717, 1.165) is 0 Å². The number of amides is 1. The van der Waals surface area contributed by atoms with Gasteiger partial charge >= 0.3 is 5.97 Å². The first-order valence-corrected chi connectivity index (χ1v) is 4.74. The minimum absolute atomic E-state index is 0.0812. The summed E-state index contributed by atoms with van der Waals surface area (Å²) in [7, 11) is 0. The molecule has 6 heteroatoms. The minimum atomic E-state index is -1.06. The molecule has 0 unspecified atom stereocenters. The molecule has 80 valence electrons. The number of halogens is 1. The van der Waals surface area contributed by atoms with E-state index in [1.165, 1.54) is 18.2 Å². The second-order valence-corrected chi connectivity index (χ2v) is 3.56. The zero-order chi connectivity index (χ0) is 11.4. The van der Waals surface area contributed by atoms with Gasteiger partial charge in [0.2, 0.25) is 0 Å². The Labute approximate surface area is 94.0 Å². The maximum absolute atomic E-state index is 10.6. The molecule has 5 nitrogen and oxygen atoms in total. The summed E-state index contributed by atoms with van der Waals surface area (Å²) in [5.41, 5.74) is 4.97. The van der Waals surface area contributed by atoms with Crippen molar-refractivity contribution in [1.82, 2.24) is 0 Å². The van der Waals surface area contributed by atoms with E-state index in [9.17, 15) is 9.59 Å². The number of carboxylic acid groups (broad SMARTS) is 1. The van der Waals surface area contributed by atoms with Crippen molar-refractivity contribution >= 4 is 27.8 Å². The number of benzene rings is 1. The average Bonchev–Trinajstić information content (AvgIpc) is 2.16. The summed E-state index contributed by atoms with van der Waals surface area (Å²) >= 11 is 3.16. The first-order chi connectivity index (χ1) is 7.00. The van der Waals surface area contributed by atoms with Crippen molar-refractivity contribution in [1.29, 1.82) is 0 Å². The van der Waals surface area contributed by atoms with Crippen molar-refractivity contribution in [3.8, 4) is 5.75 Å². The van der Waals surface area contributed by atoms with Crippen LogP contribution in [0, 0.1) is 0 Å². The molecule has 0 saturated carbocycles. The van der Waals surface area contributed by atoms with Crippen LogP contribution in [0.5, 0.6) is 5.75 Å². The summed E-state index contributed by atoms with van der Waals surface area (Å²) in [4.78, 5) is 21.1. The average molecular weight is 274 g/mol. The highest BCUT2D eigenvalue weighted by molar-refractivity contribution is 9.10. The number of nitrogens with two attached hydrogens (primary N) is 1. The molecule has 3 N–H and O–H groups in total. The lowest BCUT2D eigenvalue weighted by Gasteiger charge is -2.06. The standard InChI is InChI=1S/C9H8BrNO4/c10-6-2-1-5(9(13)14)3-7(6)15-4-8(11)12/h1-3H,4H2,(H2,11,12)(H,13,14). The van der Waals surface area contributed by atoms with E-state index in [1.807, 2.05) is 0 Å². The fourth-order valence-corrected chi connectivity index (χ4v) is 1.26. The van der Waals surface area contributed by atoms with Crippen LogP contribution in [0.25, 0.3) is 0 Å². The van der Waals surface area contributed by atoms with Gasteiger partial charge in [-0.1, -0.05) is 0 Å². The summed E-state index contributed by atoms with van der Waals surface area (Å²) in [6.45, 7) is -0.290. The molecule has 0 heterocycles. The Balaban J connectivity index is 2.90. The highest BCUT2D eigenvalue weighted by Gasteiger charge is 2.08. The SMILES string of the molecule is NC(=O)COc1cc(C(=O)O)ccc1Br. The van der Waals surface area contributed by atoms with E-state index in [4.69, 9.17) is 15.6 Å². The van der Waals surface area contributed by atoms with Crippen LogP contribution in [0.3, 0.4) is 0 Å². The van der Waals surface area contributed by atoms with Crippen LogP contribution in [0.1, 0.15) is 10.4 Å². The monoisotopic (exact) mass is 273 g/mol. The van der Waals surface area contributed by atoms with Gasteiger partial charge < -0.3 is 15.6 Å². The molecule has 0 spiro atoms. The van der Waals surface area contributed by atoms with Gasteiger partial charge in [-0.2, -0.15) is 0 Å². The smallest absolute Gasteiger partial charge is 0.335 e. The summed E-state index contributed by atoms with van der Waals surface area (Å²) in [5.74, 6) is -1.41. The molecular weight excluding hydrogens is 266 g/mol. The van der Waals surface area contributed by atoms with Gasteiger partial charge in [0, 0.05) is 0 Å². The number of rotatable bonds is 4. The van der Waals surface area contributed by atoms with Crippen LogP contribution in [-0.2, 0) is 4.79 Å². The number of carboxylic acids is 1. The van der Waals surface area contributed by atoms with E-state index in [-0.39, 0.29) is 17.9 Å². The van der Waals surface area contributed by atoms with E-state index >= 15 is 0 Å². The van der Waals surface area contributed by atoms with Crippen LogP contribution >= 0.6 is 15.9 Å². The van der Waals surface area contributed by atoms with Gasteiger partial charge in [-0.05, 0) is 34.1 Å². The van der Waals surface area contributed by atoms with Gasteiger partial charge in [0.15, 0.2) is 6.61 Å². The van der Waals surface area contributed by atoms with Gasteiger partial charge in [-0.3, -0.25) is 4.79 Å². The highest BCUT2D eigenvalue weighted by Crippen LogP contribution is 2.25. The van der Waals surface area contributed by atoms with Gasteiger partial charge in [0.1, 0.15) is 5.75 Å². The molecule has 0 aliphatic heterocycles. The predicted molar refractivity (Wildman–Crippen MR) is 55.8 cm³/mol. The van der Waals surface area contributed by atoms with Crippen LogP contribution in [-0.4, -0.2) is 23.6 Å². The fraction of sp³-hybridized carbons (Fsp3) is 0.111. The molecule has 1 amide bonds. The molecule has 0 fully saturated rings. The molecule has 1 rings (SSSR count). The number of ether oxygens (including phenoxy) is 1. The highest BCUT2D eigenvalue weighted by atomic mass is 79.9. The van der Waals surface area contributed by atoms with E-state index < -0.39 is 11.9 Å². The Morgan fingerprint density at radius 3 is 2.67 bits per heavy atom. The Morgan fingerprint density at radius 2 is 2.13 bits per heavy atom. The Hall–Kier alpha value is -1.56. The van der Waals surface area contributed by atoms with Crippen LogP contribution < -0.4 is 10.5 Å². The normalized spacial score (nSPS) is 9.67. The lowest BCUT2D eigenvalue weighted by atomic mass is 10.2. The molecular formula is C9H8BrNO4. The van der Waals surface area contributed by atoms with E-state index in [2.05, 4.69) is 15.9 Å². The zero-order valence-electron chi connectivity index (χ0n) is 7.57. The van der Waals surface area contributed by atoms with Crippen LogP contribution in [0.4, 0.5) is 0 Å². The molecule has 0 aliphatic carbocycles. The summed E-state index contributed by atoms with van der Waals surface area (Å²) in [6, 6.07) is 4.26. The first kappa shape index (κ1) is 11.5. The van der Waals surface area contributed by atoms with E-state index in [1.54, 1.807) is 0 Å². The summed E-state index contributed by atoms with van der Waals surface area (Å²) < 4.78 is 5.57. The molecule has 0 radical (unpaired) electrons. The van der Waals surface area contributed by atoms with Crippen molar-refractivity contribution in [2.45, 2.75) is 0 Å². The number of carbonyl (C=O) groups excluding carboxylic acids is 1. The van der Waals surface area contributed by atoms with Crippen molar-refractivity contribution in [2.24, 2.45) is 5.73 Å². The van der Waals surface area contributed by atoms with Crippen LogP contribution in [0.15, 0.2) is 22.7 Å². The number of hydrogen-bond acceptors (Lipinski definition) is 3. The first-order valence-electron chi connectivity index (χ1n) is 3.94.